The van der Waals surface area contributed by atoms with Gasteiger partial charge in [-0.1, -0.05) is 24.3 Å². The Kier molecular flexibility index (Phi) is 4.71. The summed E-state index contributed by atoms with van der Waals surface area (Å²) in [6.45, 7) is 7.98. The molecule has 1 aliphatic rings. The third-order valence-corrected chi connectivity index (χ3v) is 5.07. The van der Waals surface area contributed by atoms with Gasteiger partial charge in [0.25, 0.3) is 0 Å². The molecule has 0 bridgehead atoms. The minimum absolute atomic E-state index is 0.0377. The highest BCUT2D eigenvalue weighted by Crippen LogP contribution is 2.23. The predicted molar refractivity (Wildman–Crippen MR) is 109 cm³/mol. The lowest BCUT2D eigenvalue weighted by Gasteiger charge is -2.35. The minimum atomic E-state index is -0.0377. The average Bonchev–Trinajstić information content (AvgIpc) is 3.06. The number of benzene rings is 2. The van der Waals surface area contributed by atoms with Crippen LogP contribution in [0.15, 0.2) is 48.5 Å². The van der Waals surface area contributed by atoms with Gasteiger partial charge in [-0.25, -0.2) is 9.78 Å². The SMILES string of the molecule is CCn1c(N2CCN(C(=O)Nc3cccc(C)c3)CC2)nc2ccccc21. The summed E-state index contributed by atoms with van der Waals surface area (Å²) < 4.78 is 2.25. The number of rotatable bonds is 3. The highest BCUT2D eigenvalue weighted by molar-refractivity contribution is 5.89. The van der Waals surface area contributed by atoms with Crippen molar-refractivity contribution in [2.45, 2.75) is 20.4 Å². The predicted octanol–water partition coefficient (Wildman–Crippen LogP) is 3.72. The summed E-state index contributed by atoms with van der Waals surface area (Å²) >= 11 is 0. The number of hydrogen-bond acceptors (Lipinski definition) is 3. The van der Waals surface area contributed by atoms with E-state index in [1.807, 2.05) is 48.2 Å². The van der Waals surface area contributed by atoms with Gasteiger partial charge in [0.15, 0.2) is 0 Å². The molecule has 2 amide bonds. The standard InChI is InChI=1S/C21H25N5O/c1-3-26-19-10-5-4-9-18(19)23-20(26)24-11-13-25(14-12-24)21(27)22-17-8-6-7-16(2)15-17/h4-10,15H,3,11-14H2,1-2H3,(H,22,27). The molecule has 6 heteroatoms. The molecule has 3 aromatic rings. The topological polar surface area (TPSA) is 53.4 Å². The highest BCUT2D eigenvalue weighted by Gasteiger charge is 2.24. The number of aryl methyl sites for hydroxylation is 2. The number of hydrogen-bond donors (Lipinski definition) is 1. The number of imidazole rings is 1. The number of anilines is 2. The molecule has 0 aliphatic carbocycles. The van der Waals surface area contributed by atoms with Crippen molar-refractivity contribution in [2.75, 3.05) is 36.4 Å². The van der Waals surface area contributed by atoms with Crippen LogP contribution in [0.5, 0.6) is 0 Å². The largest absolute Gasteiger partial charge is 0.339 e. The van der Waals surface area contributed by atoms with Gasteiger partial charge in [0, 0.05) is 38.4 Å². The number of fused-ring (bicyclic) bond motifs is 1. The summed E-state index contributed by atoms with van der Waals surface area (Å²) in [4.78, 5) is 21.5. The summed E-state index contributed by atoms with van der Waals surface area (Å²) in [6.07, 6.45) is 0. The first-order chi connectivity index (χ1) is 13.2. The Hall–Kier alpha value is -3.02. The zero-order valence-electron chi connectivity index (χ0n) is 15.9. The molecule has 2 aromatic carbocycles. The number of para-hydroxylation sites is 2. The van der Waals surface area contributed by atoms with Crippen molar-refractivity contribution in [2.24, 2.45) is 0 Å². The summed E-state index contributed by atoms with van der Waals surface area (Å²) in [5.74, 6) is 0.998. The van der Waals surface area contributed by atoms with Crippen molar-refractivity contribution in [3.63, 3.8) is 0 Å². The van der Waals surface area contributed by atoms with Crippen molar-refractivity contribution in [1.82, 2.24) is 14.5 Å². The Bertz CT molecular complexity index is 956. The molecular weight excluding hydrogens is 338 g/mol. The molecular formula is C21H25N5O. The molecule has 6 nitrogen and oxygen atoms in total. The molecule has 4 rings (SSSR count). The monoisotopic (exact) mass is 363 g/mol. The maximum absolute atomic E-state index is 12.6. The van der Waals surface area contributed by atoms with Crippen molar-refractivity contribution in [1.29, 1.82) is 0 Å². The Morgan fingerprint density at radius 1 is 1.07 bits per heavy atom. The molecule has 1 fully saturated rings. The van der Waals surface area contributed by atoms with E-state index in [-0.39, 0.29) is 6.03 Å². The molecule has 0 unspecified atom stereocenters. The zero-order chi connectivity index (χ0) is 18.8. The fourth-order valence-electron chi connectivity index (χ4n) is 3.65. The number of carbonyl (C=O) groups is 1. The fraction of sp³-hybridized carbons (Fsp3) is 0.333. The molecule has 0 atom stereocenters. The van der Waals surface area contributed by atoms with Crippen LogP contribution in [-0.2, 0) is 6.54 Å². The lowest BCUT2D eigenvalue weighted by Crippen LogP contribution is -2.50. The molecule has 1 saturated heterocycles. The molecule has 140 valence electrons. The lowest BCUT2D eigenvalue weighted by atomic mass is 10.2. The maximum atomic E-state index is 12.6. The second kappa shape index (κ2) is 7.31. The van der Waals surface area contributed by atoms with Crippen LogP contribution < -0.4 is 10.2 Å². The van der Waals surface area contributed by atoms with Gasteiger partial charge in [-0.05, 0) is 43.7 Å². The van der Waals surface area contributed by atoms with E-state index in [0.717, 1.165) is 47.9 Å². The van der Waals surface area contributed by atoms with Crippen LogP contribution in [0.1, 0.15) is 12.5 Å². The highest BCUT2D eigenvalue weighted by atomic mass is 16.2. The molecule has 1 aliphatic heterocycles. The van der Waals surface area contributed by atoms with Gasteiger partial charge in [0.1, 0.15) is 0 Å². The Balaban J connectivity index is 1.44. The normalized spacial score (nSPS) is 14.6. The van der Waals surface area contributed by atoms with Gasteiger partial charge in [-0.15, -0.1) is 0 Å². The number of aromatic nitrogens is 2. The number of nitrogens with one attached hydrogen (secondary N) is 1. The molecule has 0 spiro atoms. The third kappa shape index (κ3) is 3.47. The van der Waals surface area contributed by atoms with Crippen LogP contribution >= 0.6 is 0 Å². The summed E-state index contributed by atoms with van der Waals surface area (Å²) in [7, 11) is 0. The number of urea groups is 1. The van der Waals surface area contributed by atoms with E-state index < -0.39 is 0 Å². The molecule has 0 radical (unpaired) electrons. The second-order valence-corrected chi connectivity index (χ2v) is 6.92. The van der Waals surface area contributed by atoms with Crippen molar-refractivity contribution in [3.8, 4) is 0 Å². The second-order valence-electron chi connectivity index (χ2n) is 6.92. The van der Waals surface area contributed by atoms with Crippen LogP contribution in [0.3, 0.4) is 0 Å². The van der Waals surface area contributed by atoms with Gasteiger partial charge in [-0.2, -0.15) is 0 Å². The summed E-state index contributed by atoms with van der Waals surface area (Å²) in [5.41, 5.74) is 4.16. The number of amides is 2. The number of piperazine rings is 1. The van der Waals surface area contributed by atoms with E-state index in [9.17, 15) is 4.79 Å². The summed E-state index contributed by atoms with van der Waals surface area (Å²) in [6, 6.07) is 16.1. The van der Waals surface area contributed by atoms with E-state index in [4.69, 9.17) is 4.98 Å². The van der Waals surface area contributed by atoms with E-state index >= 15 is 0 Å². The zero-order valence-corrected chi connectivity index (χ0v) is 15.9. The number of carbonyl (C=O) groups excluding carboxylic acids is 1. The van der Waals surface area contributed by atoms with Gasteiger partial charge in [0.2, 0.25) is 5.95 Å². The van der Waals surface area contributed by atoms with Gasteiger partial charge < -0.3 is 19.7 Å². The van der Waals surface area contributed by atoms with Crippen LogP contribution in [0.4, 0.5) is 16.4 Å². The van der Waals surface area contributed by atoms with Crippen LogP contribution in [0, 0.1) is 6.92 Å². The summed E-state index contributed by atoms with van der Waals surface area (Å²) in [5, 5.41) is 3.00. The first-order valence-corrected chi connectivity index (χ1v) is 9.48. The first-order valence-electron chi connectivity index (χ1n) is 9.48. The van der Waals surface area contributed by atoms with Crippen LogP contribution in [0.25, 0.3) is 11.0 Å². The Labute approximate surface area is 159 Å². The lowest BCUT2D eigenvalue weighted by molar-refractivity contribution is 0.208. The van der Waals surface area contributed by atoms with E-state index in [0.29, 0.717) is 13.1 Å². The Morgan fingerprint density at radius 2 is 1.85 bits per heavy atom. The molecule has 0 saturated carbocycles. The van der Waals surface area contributed by atoms with Crippen LogP contribution in [0.2, 0.25) is 0 Å². The molecule has 1 N–H and O–H groups in total. The first kappa shape index (κ1) is 17.4. The molecule has 1 aromatic heterocycles. The third-order valence-electron chi connectivity index (χ3n) is 5.07. The fourth-order valence-corrected chi connectivity index (χ4v) is 3.65. The number of nitrogens with zero attached hydrogens (tertiary/aromatic N) is 4. The quantitative estimate of drug-likeness (QED) is 0.772. The van der Waals surface area contributed by atoms with Gasteiger partial charge in [0.05, 0.1) is 11.0 Å². The molecule has 2 heterocycles. The Morgan fingerprint density at radius 3 is 2.59 bits per heavy atom. The van der Waals surface area contributed by atoms with Gasteiger partial charge in [-0.3, -0.25) is 0 Å². The van der Waals surface area contributed by atoms with Gasteiger partial charge >= 0.3 is 6.03 Å². The van der Waals surface area contributed by atoms with E-state index in [1.165, 1.54) is 0 Å². The minimum Gasteiger partial charge on any atom is -0.339 e. The van der Waals surface area contributed by atoms with Crippen molar-refractivity contribution < 1.29 is 4.79 Å². The smallest absolute Gasteiger partial charge is 0.321 e. The average molecular weight is 363 g/mol. The molecule has 27 heavy (non-hydrogen) atoms. The van der Waals surface area contributed by atoms with Crippen molar-refractivity contribution in [3.05, 3.63) is 54.1 Å². The van der Waals surface area contributed by atoms with E-state index in [2.05, 4.69) is 33.8 Å². The van der Waals surface area contributed by atoms with E-state index in [1.54, 1.807) is 0 Å². The van der Waals surface area contributed by atoms with Crippen LogP contribution in [-0.4, -0.2) is 46.7 Å². The van der Waals surface area contributed by atoms with Crippen molar-refractivity contribution >= 4 is 28.7 Å². The maximum Gasteiger partial charge on any atom is 0.321 e.